The normalized spacial score (nSPS) is 19.6. The van der Waals surface area contributed by atoms with Crippen LogP contribution in [0, 0.1) is 5.82 Å². The summed E-state index contributed by atoms with van der Waals surface area (Å²) >= 11 is 0. The molecule has 1 fully saturated rings. The van der Waals surface area contributed by atoms with Crippen molar-refractivity contribution in [1.82, 2.24) is 5.32 Å². The van der Waals surface area contributed by atoms with Gasteiger partial charge in [-0.25, -0.2) is 12.8 Å². The third kappa shape index (κ3) is 3.06. The van der Waals surface area contributed by atoms with Gasteiger partial charge in [-0.05, 0) is 37.4 Å². The molecule has 0 radical (unpaired) electrons. The molecular weight excluding hydrogens is 269 g/mol. The smallest absolute Gasteiger partial charge is 0.182 e. The van der Waals surface area contributed by atoms with Crippen LogP contribution in [0.1, 0.15) is 18.4 Å². The number of sulfone groups is 1. The molecule has 0 aromatic heterocycles. The lowest BCUT2D eigenvalue weighted by atomic mass is 10.0. The molecule has 0 bridgehead atoms. The molecule has 0 saturated carbocycles. The number of ether oxygens (including phenoxy) is 1. The fourth-order valence-corrected chi connectivity index (χ4v) is 3.41. The summed E-state index contributed by atoms with van der Waals surface area (Å²) in [4.78, 5) is -0.342. The second-order valence-electron chi connectivity index (χ2n) is 4.84. The van der Waals surface area contributed by atoms with Gasteiger partial charge < -0.3 is 10.1 Å². The van der Waals surface area contributed by atoms with E-state index in [9.17, 15) is 12.8 Å². The highest BCUT2D eigenvalue weighted by atomic mass is 32.2. The van der Waals surface area contributed by atoms with E-state index in [-0.39, 0.29) is 16.7 Å². The first kappa shape index (κ1) is 14.3. The summed E-state index contributed by atoms with van der Waals surface area (Å²) < 4.78 is 42.7. The van der Waals surface area contributed by atoms with Crippen LogP contribution in [0.5, 0.6) is 5.75 Å². The Balaban J connectivity index is 2.41. The molecule has 1 aromatic carbocycles. The average Bonchev–Trinajstić information content (AvgIpc) is 2.82. The van der Waals surface area contributed by atoms with E-state index in [0.717, 1.165) is 25.6 Å². The van der Waals surface area contributed by atoms with Gasteiger partial charge in [0.2, 0.25) is 0 Å². The molecule has 1 aliphatic rings. The first-order valence-corrected chi connectivity index (χ1v) is 8.11. The average molecular weight is 287 g/mol. The van der Waals surface area contributed by atoms with Crippen LogP contribution in [-0.4, -0.2) is 34.4 Å². The Morgan fingerprint density at radius 1 is 1.47 bits per heavy atom. The van der Waals surface area contributed by atoms with Crippen LogP contribution in [0.15, 0.2) is 17.0 Å². The maximum atomic E-state index is 14.4. The molecule has 1 aromatic rings. The Bertz CT molecular complexity index is 565. The highest BCUT2D eigenvalue weighted by Crippen LogP contribution is 2.30. The van der Waals surface area contributed by atoms with Gasteiger partial charge in [0.1, 0.15) is 16.5 Å². The van der Waals surface area contributed by atoms with Crippen molar-refractivity contribution < 1.29 is 17.5 Å². The summed E-state index contributed by atoms with van der Waals surface area (Å²) in [5.74, 6) is -0.626. The maximum absolute atomic E-state index is 14.4. The van der Waals surface area contributed by atoms with E-state index >= 15 is 0 Å². The van der Waals surface area contributed by atoms with Gasteiger partial charge in [-0.1, -0.05) is 6.07 Å². The summed E-state index contributed by atoms with van der Waals surface area (Å²) in [7, 11) is -2.32. The van der Waals surface area contributed by atoms with E-state index < -0.39 is 15.7 Å². The number of hydrogen-bond donors (Lipinski definition) is 1. The first-order chi connectivity index (χ1) is 8.93. The zero-order valence-electron chi connectivity index (χ0n) is 11.1. The van der Waals surface area contributed by atoms with Crippen LogP contribution in [0.2, 0.25) is 0 Å². The van der Waals surface area contributed by atoms with E-state index in [1.807, 2.05) is 0 Å². The van der Waals surface area contributed by atoms with Gasteiger partial charge in [0.05, 0.1) is 7.11 Å². The van der Waals surface area contributed by atoms with Crippen LogP contribution in [0.4, 0.5) is 4.39 Å². The summed E-state index contributed by atoms with van der Waals surface area (Å²) in [6.45, 7) is 0.932. The highest BCUT2D eigenvalue weighted by Gasteiger charge is 2.24. The van der Waals surface area contributed by atoms with Crippen molar-refractivity contribution in [2.75, 3.05) is 19.9 Å². The van der Waals surface area contributed by atoms with Crippen molar-refractivity contribution in [3.8, 4) is 5.75 Å². The van der Waals surface area contributed by atoms with Crippen LogP contribution < -0.4 is 10.1 Å². The van der Waals surface area contributed by atoms with E-state index in [4.69, 9.17) is 4.74 Å². The number of benzene rings is 1. The largest absolute Gasteiger partial charge is 0.495 e. The molecule has 0 amide bonds. The van der Waals surface area contributed by atoms with E-state index in [0.29, 0.717) is 12.0 Å². The molecule has 1 N–H and O–H groups in total. The molecule has 1 heterocycles. The van der Waals surface area contributed by atoms with Gasteiger partial charge in [-0.2, -0.15) is 0 Å². The molecule has 1 atom stereocenters. The Morgan fingerprint density at radius 3 is 2.74 bits per heavy atom. The van der Waals surface area contributed by atoms with Gasteiger partial charge in [0, 0.05) is 12.3 Å². The predicted octanol–water partition coefficient (Wildman–Crippen LogP) is 1.53. The van der Waals surface area contributed by atoms with Gasteiger partial charge in [0.15, 0.2) is 9.84 Å². The molecule has 1 unspecified atom stereocenters. The zero-order chi connectivity index (χ0) is 14.0. The fraction of sp³-hybridized carbons (Fsp3) is 0.538. The standard InChI is InChI=1S/C13H18FNO3S/c1-18-11-6-5-9(8-10-4-3-7-15-10)12(14)13(11)19(2,16)17/h5-6,10,15H,3-4,7-8H2,1-2H3. The SMILES string of the molecule is COc1ccc(CC2CCCN2)c(F)c1S(C)(=O)=O. The van der Waals surface area contributed by atoms with E-state index in [2.05, 4.69) is 5.32 Å². The minimum absolute atomic E-state index is 0.0585. The molecule has 0 spiro atoms. The molecule has 4 nitrogen and oxygen atoms in total. The third-order valence-electron chi connectivity index (χ3n) is 3.36. The lowest BCUT2D eigenvalue weighted by molar-refractivity contribution is 0.393. The summed E-state index contributed by atoms with van der Waals surface area (Å²) in [6, 6.07) is 3.34. The minimum Gasteiger partial charge on any atom is -0.495 e. The number of rotatable bonds is 4. The van der Waals surface area contributed by atoms with Crippen LogP contribution in [0.25, 0.3) is 0 Å². The maximum Gasteiger partial charge on any atom is 0.182 e. The zero-order valence-corrected chi connectivity index (χ0v) is 11.9. The minimum atomic E-state index is -3.65. The lowest BCUT2D eigenvalue weighted by Crippen LogP contribution is -2.24. The van der Waals surface area contributed by atoms with Crippen molar-refractivity contribution in [1.29, 1.82) is 0 Å². The second kappa shape index (κ2) is 5.46. The molecule has 19 heavy (non-hydrogen) atoms. The molecule has 0 aliphatic carbocycles. The predicted molar refractivity (Wildman–Crippen MR) is 70.8 cm³/mol. The van der Waals surface area contributed by atoms with Crippen molar-refractivity contribution >= 4 is 9.84 Å². The monoisotopic (exact) mass is 287 g/mol. The number of nitrogens with one attached hydrogen (secondary N) is 1. The van der Waals surface area contributed by atoms with E-state index in [1.165, 1.54) is 13.2 Å². The van der Waals surface area contributed by atoms with Crippen LogP contribution in [0.3, 0.4) is 0 Å². The van der Waals surface area contributed by atoms with Gasteiger partial charge in [-0.3, -0.25) is 0 Å². The Labute approximate surface area is 112 Å². The van der Waals surface area contributed by atoms with Gasteiger partial charge in [-0.15, -0.1) is 0 Å². The molecule has 1 saturated heterocycles. The van der Waals surface area contributed by atoms with Crippen LogP contribution >= 0.6 is 0 Å². The molecule has 6 heteroatoms. The quantitative estimate of drug-likeness (QED) is 0.912. The second-order valence-corrected chi connectivity index (χ2v) is 6.79. The number of hydrogen-bond acceptors (Lipinski definition) is 4. The topological polar surface area (TPSA) is 55.4 Å². The van der Waals surface area contributed by atoms with Crippen molar-refractivity contribution in [2.24, 2.45) is 0 Å². The number of halogens is 1. The molecule has 1 aliphatic heterocycles. The molecule has 2 rings (SSSR count). The first-order valence-electron chi connectivity index (χ1n) is 6.22. The Hall–Kier alpha value is -1.14. The van der Waals surface area contributed by atoms with Crippen LogP contribution in [-0.2, 0) is 16.3 Å². The van der Waals surface area contributed by atoms with E-state index in [1.54, 1.807) is 6.07 Å². The third-order valence-corrected chi connectivity index (χ3v) is 4.48. The Kier molecular flexibility index (Phi) is 4.10. The van der Waals surface area contributed by atoms with Crippen molar-refractivity contribution in [2.45, 2.75) is 30.2 Å². The van der Waals surface area contributed by atoms with Crippen molar-refractivity contribution in [3.05, 3.63) is 23.5 Å². The summed E-state index contributed by atoms with van der Waals surface area (Å²) in [6.07, 6.45) is 3.55. The summed E-state index contributed by atoms with van der Waals surface area (Å²) in [5.41, 5.74) is 0.417. The fourth-order valence-electron chi connectivity index (χ4n) is 2.44. The Morgan fingerprint density at radius 2 is 2.21 bits per heavy atom. The molecule has 106 valence electrons. The summed E-state index contributed by atoms with van der Waals surface area (Å²) in [5, 5.41) is 3.27. The van der Waals surface area contributed by atoms with Gasteiger partial charge in [0.25, 0.3) is 0 Å². The number of methoxy groups -OCH3 is 1. The van der Waals surface area contributed by atoms with Gasteiger partial charge >= 0.3 is 0 Å². The van der Waals surface area contributed by atoms with Crippen molar-refractivity contribution in [3.63, 3.8) is 0 Å². The lowest BCUT2D eigenvalue weighted by Gasteiger charge is -2.14. The highest BCUT2D eigenvalue weighted by molar-refractivity contribution is 7.90. The molecular formula is C13H18FNO3S.